The van der Waals surface area contributed by atoms with Gasteiger partial charge in [0, 0.05) is 5.75 Å². The minimum absolute atomic E-state index is 0.830. The third kappa shape index (κ3) is 2.46. The van der Waals surface area contributed by atoms with Crippen molar-refractivity contribution in [2.45, 2.75) is 13.3 Å². The van der Waals surface area contributed by atoms with Gasteiger partial charge in [-0.1, -0.05) is 6.92 Å². The van der Waals surface area contributed by atoms with E-state index in [0.717, 1.165) is 12.2 Å². The van der Waals surface area contributed by atoms with Crippen molar-refractivity contribution in [2.75, 3.05) is 27.1 Å². The molecule has 0 unspecified atom stereocenters. The zero-order valence-electron chi connectivity index (χ0n) is 7.05. The lowest BCUT2D eigenvalue weighted by Gasteiger charge is -2.32. The average Bonchev–Trinajstić information content (AvgIpc) is 2.01. The van der Waals surface area contributed by atoms with E-state index >= 15 is 0 Å². The molecule has 0 N–H and O–H groups in total. The summed E-state index contributed by atoms with van der Waals surface area (Å²) >= 11 is 0. The van der Waals surface area contributed by atoms with Crippen LogP contribution in [0.5, 0.6) is 0 Å². The molecule has 0 aliphatic carbocycles. The molecule has 0 radical (unpaired) electrons. The maximum absolute atomic E-state index is 5.12. The first-order valence-corrected chi connectivity index (χ1v) is 4.80. The molecule has 0 aromatic carbocycles. The van der Waals surface area contributed by atoms with Crippen molar-refractivity contribution in [1.29, 1.82) is 0 Å². The second kappa shape index (κ2) is 4.96. The van der Waals surface area contributed by atoms with E-state index in [1.165, 1.54) is 0 Å². The Hall–Kier alpha value is 0.230. The first-order valence-electron chi connectivity index (χ1n) is 3.22. The fraction of sp³-hybridized carbons (Fsp3) is 1.00. The van der Waals surface area contributed by atoms with Crippen LogP contribution in [0.1, 0.15) is 13.3 Å². The van der Waals surface area contributed by atoms with Gasteiger partial charge in [0.1, 0.15) is 0 Å². The molecule has 0 aliphatic heterocycles. The highest BCUT2D eigenvalue weighted by Crippen LogP contribution is 2.49. The van der Waals surface area contributed by atoms with Gasteiger partial charge in [-0.2, -0.15) is 0 Å². The largest absolute Gasteiger partial charge is 0.296 e. The summed E-state index contributed by atoms with van der Waals surface area (Å²) in [5.74, 6) is 0.830. The minimum Gasteiger partial charge on any atom is -0.296 e. The van der Waals surface area contributed by atoms with Crippen LogP contribution in [-0.4, -0.2) is 27.1 Å². The van der Waals surface area contributed by atoms with Gasteiger partial charge in [-0.25, -0.2) is 0 Å². The lowest BCUT2D eigenvalue weighted by molar-refractivity contribution is 0.248. The molecule has 0 bridgehead atoms. The van der Waals surface area contributed by atoms with E-state index in [9.17, 15) is 0 Å². The Morgan fingerprint density at radius 1 is 1.00 bits per heavy atom. The quantitative estimate of drug-likeness (QED) is 0.627. The minimum atomic E-state index is -1.66. The monoisotopic (exact) mass is 168 g/mol. The zero-order chi connectivity index (χ0) is 8.04. The molecular formula is C6H16O3S. The van der Waals surface area contributed by atoms with E-state index in [1.807, 2.05) is 0 Å². The van der Waals surface area contributed by atoms with Gasteiger partial charge in [-0.3, -0.25) is 12.5 Å². The van der Waals surface area contributed by atoms with Crippen molar-refractivity contribution in [1.82, 2.24) is 0 Å². The molecule has 0 atom stereocenters. The van der Waals surface area contributed by atoms with Crippen molar-refractivity contribution in [3.8, 4) is 0 Å². The van der Waals surface area contributed by atoms with Crippen LogP contribution < -0.4 is 0 Å². The van der Waals surface area contributed by atoms with Gasteiger partial charge < -0.3 is 0 Å². The third-order valence-electron chi connectivity index (χ3n) is 1.22. The predicted molar refractivity (Wildman–Crippen MR) is 43.8 cm³/mol. The maximum Gasteiger partial charge on any atom is 0.0879 e. The Morgan fingerprint density at radius 2 is 1.40 bits per heavy atom. The summed E-state index contributed by atoms with van der Waals surface area (Å²) in [7, 11) is 3.17. The van der Waals surface area contributed by atoms with Crippen LogP contribution in [0.2, 0.25) is 0 Å². The predicted octanol–water partition coefficient (Wildman–Crippen LogP) is 1.89. The van der Waals surface area contributed by atoms with Gasteiger partial charge in [0.25, 0.3) is 0 Å². The Morgan fingerprint density at radius 3 is 1.50 bits per heavy atom. The molecule has 4 heteroatoms. The second-order valence-electron chi connectivity index (χ2n) is 1.76. The number of hydrogen-bond donors (Lipinski definition) is 0. The van der Waals surface area contributed by atoms with E-state index in [-0.39, 0.29) is 0 Å². The molecule has 0 amide bonds. The van der Waals surface area contributed by atoms with Gasteiger partial charge in [-0.15, -0.1) is 0 Å². The molecule has 0 spiro atoms. The molecule has 0 aliphatic rings. The molecule has 0 aromatic rings. The standard InChI is InChI=1S/C6H16O3S/c1-5-6-10(7-2,8-3)9-4/h5-6H2,1-4H3. The highest BCUT2D eigenvalue weighted by Gasteiger charge is 2.20. The summed E-state index contributed by atoms with van der Waals surface area (Å²) < 4.78 is 15.3. The van der Waals surface area contributed by atoms with E-state index in [0.29, 0.717) is 0 Å². The number of rotatable bonds is 5. The molecule has 0 heterocycles. The summed E-state index contributed by atoms with van der Waals surface area (Å²) in [4.78, 5) is 0. The lowest BCUT2D eigenvalue weighted by atomic mass is 10.6. The van der Waals surface area contributed by atoms with Crippen molar-refractivity contribution in [3.05, 3.63) is 0 Å². The summed E-state index contributed by atoms with van der Waals surface area (Å²) in [6.07, 6.45) is 1.00. The third-order valence-corrected chi connectivity index (χ3v) is 3.65. The average molecular weight is 168 g/mol. The van der Waals surface area contributed by atoms with Gasteiger partial charge in [0.15, 0.2) is 0 Å². The van der Waals surface area contributed by atoms with Crippen LogP contribution in [0.15, 0.2) is 0 Å². The highest BCUT2D eigenvalue weighted by molar-refractivity contribution is 8.21. The van der Waals surface area contributed by atoms with E-state index in [4.69, 9.17) is 12.5 Å². The summed E-state index contributed by atoms with van der Waals surface area (Å²) in [6, 6.07) is 0. The normalized spacial score (nSPS) is 13.6. The van der Waals surface area contributed by atoms with Crippen molar-refractivity contribution in [3.63, 3.8) is 0 Å². The molecule has 64 valence electrons. The maximum atomic E-state index is 5.12. The van der Waals surface area contributed by atoms with E-state index in [1.54, 1.807) is 21.3 Å². The smallest absolute Gasteiger partial charge is 0.0879 e. The molecule has 0 fully saturated rings. The second-order valence-corrected chi connectivity index (χ2v) is 4.29. The SMILES string of the molecule is CCCS(OC)(OC)OC. The topological polar surface area (TPSA) is 27.7 Å². The zero-order valence-corrected chi connectivity index (χ0v) is 7.86. The fourth-order valence-electron chi connectivity index (χ4n) is 0.704. The molecule has 3 nitrogen and oxygen atoms in total. The van der Waals surface area contributed by atoms with Gasteiger partial charge in [0.05, 0.1) is 32.2 Å². The molecule has 0 rings (SSSR count). The van der Waals surface area contributed by atoms with E-state index in [2.05, 4.69) is 6.92 Å². The Kier molecular flexibility index (Phi) is 5.07. The summed E-state index contributed by atoms with van der Waals surface area (Å²) in [5, 5.41) is 0. The molecular weight excluding hydrogens is 152 g/mol. The summed E-state index contributed by atoms with van der Waals surface area (Å²) in [5.41, 5.74) is 0. The Labute approximate surface area is 64.6 Å². The van der Waals surface area contributed by atoms with Crippen LogP contribution in [-0.2, 0) is 12.5 Å². The molecule has 0 aromatic heterocycles. The summed E-state index contributed by atoms with van der Waals surface area (Å²) in [6.45, 7) is 2.07. The van der Waals surface area contributed by atoms with Crippen LogP contribution in [0.25, 0.3) is 0 Å². The lowest BCUT2D eigenvalue weighted by Crippen LogP contribution is -2.10. The van der Waals surface area contributed by atoms with Crippen LogP contribution >= 0.6 is 10.9 Å². The van der Waals surface area contributed by atoms with Crippen LogP contribution in [0.4, 0.5) is 0 Å². The van der Waals surface area contributed by atoms with E-state index < -0.39 is 10.9 Å². The Bertz CT molecular complexity index is 74.8. The van der Waals surface area contributed by atoms with Gasteiger partial charge in [0.2, 0.25) is 0 Å². The van der Waals surface area contributed by atoms with Crippen LogP contribution in [0.3, 0.4) is 0 Å². The highest BCUT2D eigenvalue weighted by atomic mass is 32.3. The van der Waals surface area contributed by atoms with Gasteiger partial charge in [-0.05, 0) is 6.42 Å². The van der Waals surface area contributed by atoms with Crippen molar-refractivity contribution < 1.29 is 12.5 Å². The van der Waals surface area contributed by atoms with Crippen LogP contribution in [0, 0.1) is 0 Å². The van der Waals surface area contributed by atoms with Crippen molar-refractivity contribution >= 4 is 10.9 Å². The van der Waals surface area contributed by atoms with Gasteiger partial charge >= 0.3 is 0 Å². The first-order chi connectivity index (χ1) is 4.74. The Balaban J connectivity index is 3.87. The first kappa shape index (κ1) is 10.2. The molecule has 0 saturated carbocycles. The molecule has 10 heavy (non-hydrogen) atoms. The number of hydrogen-bond acceptors (Lipinski definition) is 3. The molecule has 0 saturated heterocycles. The fourth-order valence-corrected chi connectivity index (χ4v) is 2.11. The van der Waals surface area contributed by atoms with Crippen molar-refractivity contribution in [2.24, 2.45) is 0 Å².